The van der Waals surface area contributed by atoms with Gasteiger partial charge in [-0.25, -0.2) is 0 Å². The average molecular weight is 260 g/mol. The van der Waals surface area contributed by atoms with E-state index in [4.69, 9.17) is 10.5 Å². The summed E-state index contributed by atoms with van der Waals surface area (Å²) in [6, 6.07) is 5.08. The van der Waals surface area contributed by atoms with Crippen LogP contribution in [0.15, 0.2) is 41.6 Å². The Morgan fingerprint density at radius 1 is 1.47 bits per heavy atom. The van der Waals surface area contributed by atoms with E-state index < -0.39 is 0 Å². The highest BCUT2D eigenvalue weighted by Crippen LogP contribution is 2.22. The Bertz CT molecular complexity index is 521. The molecule has 102 valence electrons. The third-order valence-corrected chi connectivity index (χ3v) is 3.32. The van der Waals surface area contributed by atoms with Gasteiger partial charge in [-0.3, -0.25) is 0 Å². The fourth-order valence-electron chi connectivity index (χ4n) is 2.13. The number of allylic oxidation sites excluding steroid dienone is 1. The molecule has 0 fully saturated rings. The minimum atomic E-state index is 0.159. The monoisotopic (exact) mass is 260 g/mol. The minimum absolute atomic E-state index is 0.159. The van der Waals surface area contributed by atoms with E-state index in [2.05, 4.69) is 12.2 Å². The van der Waals surface area contributed by atoms with Gasteiger partial charge in [0, 0.05) is 37.0 Å². The van der Waals surface area contributed by atoms with Crippen molar-refractivity contribution in [3.63, 3.8) is 0 Å². The number of methoxy groups -OCH3 is 1. The zero-order valence-electron chi connectivity index (χ0n) is 11.3. The number of ether oxygens (including phenoxy) is 1. The van der Waals surface area contributed by atoms with Gasteiger partial charge < -0.3 is 20.9 Å². The van der Waals surface area contributed by atoms with Gasteiger partial charge in [-0.15, -0.1) is 0 Å². The Morgan fingerprint density at radius 3 is 2.95 bits per heavy atom. The van der Waals surface area contributed by atoms with Crippen LogP contribution in [-0.4, -0.2) is 18.3 Å². The largest absolute Gasteiger partial charge is 0.508 e. The number of nitrogen functional groups attached to an aromatic ring is 1. The number of benzene rings is 1. The van der Waals surface area contributed by atoms with Gasteiger partial charge in [0.1, 0.15) is 5.75 Å². The average Bonchev–Trinajstić information content (AvgIpc) is 2.40. The van der Waals surface area contributed by atoms with Gasteiger partial charge in [-0.1, -0.05) is 6.08 Å². The Hall–Kier alpha value is -1.94. The second-order valence-electron chi connectivity index (χ2n) is 4.77. The summed E-state index contributed by atoms with van der Waals surface area (Å²) in [6.07, 6.45) is 5.11. The van der Waals surface area contributed by atoms with Crippen molar-refractivity contribution in [1.29, 1.82) is 0 Å². The number of anilines is 1. The molecule has 19 heavy (non-hydrogen) atoms. The zero-order chi connectivity index (χ0) is 13.8. The number of rotatable bonds is 4. The van der Waals surface area contributed by atoms with Crippen LogP contribution in [0, 0.1) is 0 Å². The first-order valence-electron chi connectivity index (χ1n) is 6.32. The number of nitrogens with one attached hydrogen (secondary N) is 1. The predicted molar refractivity (Wildman–Crippen MR) is 76.6 cm³/mol. The van der Waals surface area contributed by atoms with Crippen LogP contribution in [-0.2, 0) is 11.3 Å². The molecule has 1 atom stereocenters. The summed E-state index contributed by atoms with van der Waals surface area (Å²) in [7, 11) is 1.71. The minimum Gasteiger partial charge on any atom is -0.508 e. The molecule has 4 N–H and O–H groups in total. The lowest BCUT2D eigenvalue weighted by Gasteiger charge is -2.20. The number of phenols is 1. The molecule has 2 rings (SSSR count). The molecule has 0 saturated heterocycles. The number of nitrogens with two attached hydrogens (primary N) is 1. The zero-order valence-corrected chi connectivity index (χ0v) is 11.3. The molecule has 4 heteroatoms. The van der Waals surface area contributed by atoms with Gasteiger partial charge in [0.15, 0.2) is 0 Å². The highest BCUT2D eigenvalue weighted by atomic mass is 16.5. The van der Waals surface area contributed by atoms with Gasteiger partial charge in [0.05, 0.1) is 6.10 Å². The van der Waals surface area contributed by atoms with E-state index in [1.165, 1.54) is 5.57 Å². The normalized spacial score (nSPS) is 18.7. The quantitative estimate of drug-likeness (QED) is 0.574. The first kappa shape index (κ1) is 13.5. The van der Waals surface area contributed by atoms with Crippen molar-refractivity contribution < 1.29 is 9.84 Å². The molecule has 0 spiro atoms. The van der Waals surface area contributed by atoms with Crippen molar-refractivity contribution in [3.05, 3.63) is 47.2 Å². The summed E-state index contributed by atoms with van der Waals surface area (Å²) in [5.74, 6) is 0.259. The van der Waals surface area contributed by atoms with Crippen LogP contribution in [0.5, 0.6) is 5.75 Å². The summed E-state index contributed by atoms with van der Waals surface area (Å²) in [6.45, 7) is 2.63. The number of hydrogen-bond acceptors (Lipinski definition) is 4. The SMILES string of the molecule is COC1C=CC(NCc2cc(N)ccc2O)=C(C)C1. The Balaban J connectivity index is 2.03. The fraction of sp³-hybridized carbons (Fsp3) is 0.333. The molecule has 1 aromatic rings. The maximum absolute atomic E-state index is 9.76. The van der Waals surface area contributed by atoms with Crippen LogP contribution < -0.4 is 11.1 Å². The highest BCUT2D eigenvalue weighted by Gasteiger charge is 2.12. The van der Waals surface area contributed by atoms with Crippen LogP contribution in [0.4, 0.5) is 5.69 Å². The highest BCUT2D eigenvalue weighted by molar-refractivity contribution is 5.47. The topological polar surface area (TPSA) is 67.5 Å². The van der Waals surface area contributed by atoms with E-state index in [1.54, 1.807) is 25.3 Å². The van der Waals surface area contributed by atoms with E-state index in [0.717, 1.165) is 17.7 Å². The van der Waals surface area contributed by atoms with Crippen LogP contribution in [0.3, 0.4) is 0 Å². The van der Waals surface area contributed by atoms with Crippen LogP contribution >= 0.6 is 0 Å². The van der Waals surface area contributed by atoms with Crippen molar-refractivity contribution >= 4 is 5.69 Å². The Labute approximate surface area is 113 Å². The third kappa shape index (κ3) is 3.29. The molecule has 0 saturated carbocycles. The fourth-order valence-corrected chi connectivity index (χ4v) is 2.13. The van der Waals surface area contributed by atoms with Crippen molar-refractivity contribution in [2.24, 2.45) is 0 Å². The smallest absolute Gasteiger partial charge is 0.120 e. The van der Waals surface area contributed by atoms with Crippen molar-refractivity contribution in [1.82, 2.24) is 5.32 Å². The predicted octanol–water partition coefficient (Wildman–Crippen LogP) is 2.31. The lowest BCUT2D eigenvalue weighted by Crippen LogP contribution is -2.19. The van der Waals surface area contributed by atoms with Crippen molar-refractivity contribution in [2.45, 2.75) is 26.0 Å². The lowest BCUT2D eigenvalue weighted by molar-refractivity contribution is 0.139. The third-order valence-electron chi connectivity index (χ3n) is 3.32. The number of phenolic OH excluding ortho intramolecular Hbond substituents is 1. The van der Waals surface area contributed by atoms with Crippen LogP contribution in [0.25, 0.3) is 0 Å². The molecule has 0 radical (unpaired) electrons. The Kier molecular flexibility index (Phi) is 4.12. The summed E-state index contributed by atoms with van der Waals surface area (Å²) in [5.41, 5.74) is 9.49. The molecule has 1 unspecified atom stereocenters. The Morgan fingerprint density at radius 2 is 2.26 bits per heavy atom. The van der Waals surface area contributed by atoms with E-state index in [-0.39, 0.29) is 11.9 Å². The summed E-state index contributed by atoms with van der Waals surface area (Å²) < 4.78 is 5.30. The standard InChI is InChI=1S/C15H20N2O2/c1-10-7-13(19-2)4-5-14(10)17-9-11-8-12(16)3-6-15(11)18/h3-6,8,13,17-18H,7,9,16H2,1-2H3. The maximum atomic E-state index is 9.76. The van der Waals surface area contributed by atoms with Crippen molar-refractivity contribution in [3.8, 4) is 5.75 Å². The molecular weight excluding hydrogens is 240 g/mol. The van der Waals surface area contributed by atoms with Crippen molar-refractivity contribution in [2.75, 3.05) is 12.8 Å². The van der Waals surface area contributed by atoms with E-state index in [0.29, 0.717) is 12.2 Å². The van der Waals surface area contributed by atoms with Gasteiger partial charge in [-0.2, -0.15) is 0 Å². The molecule has 1 aliphatic rings. The molecule has 0 aliphatic heterocycles. The molecule has 0 heterocycles. The van der Waals surface area contributed by atoms with Gasteiger partial charge in [0.2, 0.25) is 0 Å². The molecule has 0 bridgehead atoms. The first-order valence-corrected chi connectivity index (χ1v) is 6.32. The van der Waals surface area contributed by atoms with E-state index in [9.17, 15) is 5.11 Å². The van der Waals surface area contributed by atoms with Crippen LogP contribution in [0.2, 0.25) is 0 Å². The number of aromatic hydroxyl groups is 1. The molecular formula is C15H20N2O2. The number of hydrogen-bond donors (Lipinski definition) is 3. The van der Waals surface area contributed by atoms with Gasteiger partial charge in [0.25, 0.3) is 0 Å². The first-order chi connectivity index (χ1) is 9.10. The van der Waals surface area contributed by atoms with Crippen LogP contribution in [0.1, 0.15) is 18.9 Å². The van der Waals surface area contributed by atoms with E-state index in [1.807, 2.05) is 12.2 Å². The maximum Gasteiger partial charge on any atom is 0.120 e. The molecule has 1 aromatic carbocycles. The second-order valence-corrected chi connectivity index (χ2v) is 4.77. The molecule has 0 amide bonds. The summed E-state index contributed by atoms with van der Waals surface area (Å²) >= 11 is 0. The van der Waals surface area contributed by atoms with E-state index >= 15 is 0 Å². The summed E-state index contributed by atoms with van der Waals surface area (Å²) in [5, 5.41) is 13.1. The second kappa shape index (κ2) is 5.80. The molecule has 4 nitrogen and oxygen atoms in total. The molecule has 1 aliphatic carbocycles. The van der Waals surface area contributed by atoms with Gasteiger partial charge >= 0.3 is 0 Å². The molecule has 0 aromatic heterocycles. The van der Waals surface area contributed by atoms with Gasteiger partial charge in [-0.05, 0) is 36.8 Å². The summed E-state index contributed by atoms with van der Waals surface area (Å²) in [4.78, 5) is 0. The lowest BCUT2D eigenvalue weighted by atomic mass is 10.0.